The third kappa shape index (κ3) is 2.79. The van der Waals surface area contributed by atoms with Crippen LogP contribution < -0.4 is 0 Å². The maximum Gasteiger partial charge on any atom is 0.237 e. The predicted octanol–water partition coefficient (Wildman–Crippen LogP) is 0.688. The van der Waals surface area contributed by atoms with E-state index in [1.165, 1.54) is 26.2 Å². The smallest absolute Gasteiger partial charge is 0.237 e. The Morgan fingerprint density at radius 2 is 1.88 bits per heavy atom. The highest BCUT2D eigenvalue weighted by Gasteiger charge is 2.23. The van der Waals surface area contributed by atoms with Crippen LogP contribution in [0, 0.1) is 5.82 Å². The number of sulfone groups is 1. The molecule has 0 aliphatic heterocycles. The molecule has 0 unspecified atom stereocenters. The average molecular weight is 245 g/mol. The van der Waals surface area contributed by atoms with E-state index in [2.05, 4.69) is 0 Å². The van der Waals surface area contributed by atoms with Gasteiger partial charge in [-0.2, -0.15) is 0 Å². The first-order valence-corrected chi connectivity index (χ1v) is 6.17. The van der Waals surface area contributed by atoms with Gasteiger partial charge in [-0.1, -0.05) is 12.1 Å². The molecule has 0 bridgehead atoms. The van der Waals surface area contributed by atoms with E-state index in [0.29, 0.717) is 0 Å². The summed E-state index contributed by atoms with van der Waals surface area (Å²) < 4.78 is 36.6. The van der Waals surface area contributed by atoms with Crippen LogP contribution in [-0.2, 0) is 14.6 Å². The molecule has 6 heteroatoms. The Kier molecular flexibility index (Phi) is 3.64. The predicted molar refractivity (Wildman–Crippen MR) is 57.1 cm³/mol. The van der Waals surface area contributed by atoms with E-state index in [1.54, 1.807) is 0 Å². The second-order valence-corrected chi connectivity index (χ2v) is 5.44. The summed E-state index contributed by atoms with van der Waals surface area (Å²) in [4.78, 5) is 12.0. The van der Waals surface area contributed by atoms with Crippen LogP contribution in [-0.4, -0.2) is 39.1 Å². The lowest BCUT2D eigenvalue weighted by Gasteiger charge is -2.10. The molecule has 0 saturated carbocycles. The molecule has 0 aliphatic rings. The average Bonchev–Trinajstić information content (AvgIpc) is 2.17. The van der Waals surface area contributed by atoms with Gasteiger partial charge in [-0.3, -0.25) is 4.79 Å². The molecule has 0 radical (unpaired) electrons. The third-order valence-corrected chi connectivity index (χ3v) is 3.61. The molecule has 0 N–H and O–H groups in total. The summed E-state index contributed by atoms with van der Waals surface area (Å²) >= 11 is 0. The fourth-order valence-corrected chi connectivity index (χ4v) is 2.46. The summed E-state index contributed by atoms with van der Waals surface area (Å²) in [5.41, 5.74) is 0. The van der Waals surface area contributed by atoms with Gasteiger partial charge in [0, 0.05) is 14.1 Å². The number of amides is 1. The molecule has 0 heterocycles. The lowest BCUT2D eigenvalue weighted by Crippen LogP contribution is -2.29. The van der Waals surface area contributed by atoms with Crippen LogP contribution in [0.4, 0.5) is 4.39 Å². The molecule has 1 amide bonds. The molecule has 0 spiro atoms. The van der Waals surface area contributed by atoms with Crippen LogP contribution in [0.25, 0.3) is 0 Å². The first kappa shape index (κ1) is 12.6. The van der Waals surface area contributed by atoms with Crippen LogP contribution >= 0.6 is 0 Å². The van der Waals surface area contributed by atoms with Crippen molar-refractivity contribution in [2.24, 2.45) is 0 Å². The van der Waals surface area contributed by atoms with Gasteiger partial charge in [0.15, 0.2) is 9.84 Å². The highest BCUT2D eigenvalue weighted by molar-refractivity contribution is 7.92. The monoisotopic (exact) mass is 245 g/mol. The summed E-state index contributed by atoms with van der Waals surface area (Å²) in [5, 5.41) is 0. The molecule has 1 aromatic rings. The molecule has 0 aromatic heterocycles. The van der Waals surface area contributed by atoms with Crippen molar-refractivity contribution in [3.05, 3.63) is 30.1 Å². The topological polar surface area (TPSA) is 54.5 Å². The second kappa shape index (κ2) is 4.61. The minimum absolute atomic E-state index is 0.440. The molecule has 0 aliphatic carbocycles. The summed E-state index contributed by atoms with van der Waals surface area (Å²) in [6.07, 6.45) is 0. The van der Waals surface area contributed by atoms with E-state index < -0.39 is 32.2 Å². The van der Waals surface area contributed by atoms with Gasteiger partial charge in [-0.25, -0.2) is 12.8 Å². The Balaban J connectivity index is 3.05. The van der Waals surface area contributed by atoms with Crippen molar-refractivity contribution in [1.29, 1.82) is 0 Å². The Labute approximate surface area is 93.6 Å². The summed E-state index contributed by atoms with van der Waals surface area (Å²) in [6, 6.07) is 5.00. The largest absolute Gasteiger partial charge is 0.348 e. The van der Waals surface area contributed by atoms with Crippen molar-refractivity contribution in [1.82, 2.24) is 4.90 Å². The van der Waals surface area contributed by atoms with Crippen molar-refractivity contribution >= 4 is 15.7 Å². The molecule has 0 saturated heterocycles. The lowest BCUT2D eigenvalue weighted by atomic mass is 10.3. The first-order valence-electron chi connectivity index (χ1n) is 4.52. The van der Waals surface area contributed by atoms with Gasteiger partial charge in [0.1, 0.15) is 16.5 Å². The van der Waals surface area contributed by atoms with Crippen molar-refractivity contribution in [2.75, 3.05) is 19.8 Å². The fraction of sp³-hybridized carbons (Fsp3) is 0.300. The zero-order valence-electron chi connectivity index (χ0n) is 8.97. The van der Waals surface area contributed by atoms with Gasteiger partial charge in [-0.05, 0) is 12.1 Å². The number of nitrogens with zero attached hydrogens (tertiary/aromatic N) is 1. The zero-order chi connectivity index (χ0) is 12.3. The Hall–Kier alpha value is -1.43. The quantitative estimate of drug-likeness (QED) is 0.787. The van der Waals surface area contributed by atoms with E-state index >= 15 is 0 Å². The van der Waals surface area contributed by atoms with Crippen molar-refractivity contribution < 1.29 is 17.6 Å². The molecule has 1 rings (SSSR count). The van der Waals surface area contributed by atoms with E-state index in [0.717, 1.165) is 17.0 Å². The van der Waals surface area contributed by atoms with Gasteiger partial charge in [0.05, 0.1) is 0 Å². The van der Waals surface area contributed by atoms with Crippen molar-refractivity contribution in [3.63, 3.8) is 0 Å². The van der Waals surface area contributed by atoms with Gasteiger partial charge in [0.2, 0.25) is 5.91 Å². The second-order valence-electron chi connectivity index (χ2n) is 3.48. The maximum atomic E-state index is 13.2. The van der Waals surface area contributed by atoms with Crippen LogP contribution in [0.3, 0.4) is 0 Å². The van der Waals surface area contributed by atoms with Crippen LogP contribution in [0.5, 0.6) is 0 Å². The van der Waals surface area contributed by atoms with E-state index in [4.69, 9.17) is 0 Å². The van der Waals surface area contributed by atoms with Gasteiger partial charge in [-0.15, -0.1) is 0 Å². The summed E-state index contributed by atoms with van der Waals surface area (Å²) in [7, 11) is -1.01. The Morgan fingerprint density at radius 1 is 1.31 bits per heavy atom. The molecule has 1 aromatic carbocycles. The van der Waals surface area contributed by atoms with Gasteiger partial charge in [0.25, 0.3) is 0 Å². The number of halogens is 1. The van der Waals surface area contributed by atoms with E-state index in [9.17, 15) is 17.6 Å². The third-order valence-electron chi connectivity index (χ3n) is 1.98. The van der Waals surface area contributed by atoms with E-state index in [1.807, 2.05) is 0 Å². The van der Waals surface area contributed by atoms with Crippen LogP contribution in [0.1, 0.15) is 0 Å². The lowest BCUT2D eigenvalue weighted by molar-refractivity contribution is -0.125. The highest BCUT2D eigenvalue weighted by Crippen LogP contribution is 2.15. The number of hydrogen-bond donors (Lipinski definition) is 0. The molecular formula is C10H12FNO3S. The number of rotatable bonds is 3. The molecule has 16 heavy (non-hydrogen) atoms. The van der Waals surface area contributed by atoms with Gasteiger partial charge < -0.3 is 4.90 Å². The van der Waals surface area contributed by atoms with Crippen molar-refractivity contribution in [3.8, 4) is 0 Å². The van der Waals surface area contributed by atoms with E-state index in [-0.39, 0.29) is 0 Å². The molecular weight excluding hydrogens is 233 g/mol. The number of carbonyl (C=O) groups excluding carboxylic acids is 1. The SMILES string of the molecule is CN(C)C(=O)CS(=O)(=O)c1ccccc1F. The van der Waals surface area contributed by atoms with Crippen LogP contribution in [0.15, 0.2) is 29.2 Å². The minimum Gasteiger partial charge on any atom is -0.348 e. The normalized spacial score (nSPS) is 11.2. The summed E-state index contributed by atoms with van der Waals surface area (Å²) in [5.74, 6) is -2.14. The minimum atomic E-state index is -3.90. The highest BCUT2D eigenvalue weighted by atomic mass is 32.2. The standard InChI is InChI=1S/C10H12FNO3S/c1-12(2)10(13)7-16(14,15)9-6-4-3-5-8(9)11/h3-6H,7H2,1-2H3. The fourth-order valence-electron chi connectivity index (χ4n) is 1.07. The molecule has 88 valence electrons. The van der Waals surface area contributed by atoms with Gasteiger partial charge >= 0.3 is 0 Å². The van der Waals surface area contributed by atoms with Crippen molar-refractivity contribution in [2.45, 2.75) is 4.90 Å². The first-order chi connectivity index (χ1) is 7.34. The number of carbonyl (C=O) groups is 1. The Morgan fingerprint density at radius 3 is 2.38 bits per heavy atom. The zero-order valence-corrected chi connectivity index (χ0v) is 9.79. The molecule has 4 nitrogen and oxygen atoms in total. The summed E-state index contributed by atoms with van der Waals surface area (Å²) in [6.45, 7) is 0. The molecule has 0 fully saturated rings. The maximum absolute atomic E-state index is 13.2. The Bertz CT molecular complexity index is 497. The van der Waals surface area contributed by atoms with Crippen LogP contribution in [0.2, 0.25) is 0 Å². The molecule has 0 atom stereocenters. The number of hydrogen-bond acceptors (Lipinski definition) is 3. The number of benzene rings is 1.